The van der Waals surface area contributed by atoms with Crippen LogP contribution in [0.5, 0.6) is 0 Å². The molecule has 0 spiro atoms. The summed E-state index contributed by atoms with van der Waals surface area (Å²) in [7, 11) is 1.86. The third-order valence-corrected chi connectivity index (χ3v) is 5.66. The number of pyridine rings is 1. The van der Waals surface area contributed by atoms with Crippen LogP contribution in [0.15, 0.2) is 36.7 Å². The normalized spacial score (nSPS) is 24.2. The molecule has 0 bridgehead atoms. The SMILES string of the molecule is CNc1nc(C2=CC(C)C(CN3CCC(O)CC3)C=C2)cc2nccnc12. The Hall–Kier alpha value is -2.31. The summed E-state index contributed by atoms with van der Waals surface area (Å²) >= 11 is 0. The molecule has 6 nitrogen and oxygen atoms in total. The number of nitrogens with zero attached hydrogens (tertiary/aromatic N) is 4. The first kappa shape index (κ1) is 18.1. The molecule has 2 N–H and O–H groups in total. The largest absolute Gasteiger partial charge is 0.393 e. The summed E-state index contributed by atoms with van der Waals surface area (Å²) < 4.78 is 0. The van der Waals surface area contributed by atoms with E-state index in [0.717, 1.165) is 60.6 Å². The van der Waals surface area contributed by atoms with Crippen molar-refractivity contribution in [3.05, 3.63) is 42.4 Å². The van der Waals surface area contributed by atoms with Crippen molar-refractivity contribution < 1.29 is 5.11 Å². The second kappa shape index (κ2) is 7.74. The molecular weight excluding hydrogens is 338 g/mol. The summed E-state index contributed by atoms with van der Waals surface area (Å²) in [5, 5.41) is 12.8. The van der Waals surface area contributed by atoms with E-state index in [-0.39, 0.29) is 6.10 Å². The molecule has 1 fully saturated rings. The van der Waals surface area contributed by atoms with Crippen LogP contribution in [-0.4, -0.2) is 57.7 Å². The van der Waals surface area contributed by atoms with Gasteiger partial charge in [-0.3, -0.25) is 4.98 Å². The van der Waals surface area contributed by atoms with Gasteiger partial charge in [-0.25, -0.2) is 9.97 Å². The van der Waals surface area contributed by atoms with E-state index in [4.69, 9.17) is 4.98 Å². The fourth-order valence-corrected chi connectivity index (χ4v) is 3.96. The summed E-state index contributed by atoms with van der Waals surface area (Å²) in [6.07, 6.45) is 11.9. The molecule has 4 rings (SSSR count). The third-order valence-electron chi connectivity index (χ3n) is 5.66. The van der Waals surface area contributed by atoms with Gasteiger partial charge in [-0.1, -0.05) is 25.2 Å². The van der Waals surface area contributed by atoms with Gasteiger partial charge >= 0.3 is 0 Å². The van der Waals surface area contributed by atoms with Crippen LogP contribution < -0.4 is 5.32 Å². The van der Waals surface area contributed by atoms with Gasteiger partial charge < -0.3 is 15.3 Å². The smallest absolute Gasteiger partial charge is 0.154 e. The number of anilines is 1. The van der Waals surface area contributed by atoms with Crippen LogP contribution in [0.1, 0.15) is 25.5 Å². The minimum atomic E-state index is -0.115. The maximum absolute atomic E-state index is 9.69. The van der Waals surface area contributed by atoms with Gasteiger partial charge in [-0.05, 0) is 36.3 Å². The fourth-order valence-electron chi connectivity index (χ4n) is 3.96. The molecule has 1 aliphatic carbocycles. The van der Waals surface area contributed by atoms with E-state index in [2.05, 4.69) is 45.3 Å². The Morgan fingerprint density at radius 3 is 2.74 bits per heavy atom. The molecule has 0 radical (unpaired) electrons. The Bertz CT molecular complexity index is 870. The molecule has 1 aliphatic heterocycles. The van der Waals surface area contributed by atoms with Gasteiger partial charge in [0.25, 0.3) is 0 Å². The first-order chi connectivity index (χ1) is 13.1. The standard InChI is InChI=1S/C21H27N5O/c1-14-11-15(3-4-16(14)13-26-9-5-17(27)6-10-26)18-12-19-20(21(22-2)25-18)24-8-7-23-19/h3-4,7-8,11-12,14,16-17,27H,5-6,9-10,13H2,1-2H3,(H,22,25). The number of fused-ring (bicyclic) bond motifs is 1. The summed E-state index contributed by atoms with van der Waals surface area (Å²) in [5.41, 5.74) is 3.71. The van der Waals surface area contributed by atoms with Crippen molar-refractivity contribution in [1.82, 2.24) is 19.9 Å². The molecule has 0 aromatic carbocycles. The summed E-state index contributed by atoms with van der Waals surface area (Å²) in [6.45, 7) is 5.30. The van der Waals surface area contributed by atoms with E-state index in [1.54, 1.807) is 12.4 Å². The predicted octanol–water partition coefficient (Wildman–Crippen LogP) is 2.73. The third kappa shape index (κ3) is 3.87. The van der Waals surface area contributed by atoms with E-state index in [9.17, 15) is 5.11 Å². The average Bonchev–Trinajstić information content (AvgIpc) is 2.70. The van der Waals surface area contributed by atoms with Crippen molar-refractivity contribution in [2.24, 2.45) is 11.8 Å². The minimum absolute atomic E-state index is 0.115. The second-order valence-electron chi connectivity index (χ2n) is 7.57. The second-order valence-corrected chi connectivity index (χ2v) is 7.57. The van der Waals surface area contributed by atoms with E-state index >= 15 is 0 Å². The minimum Gasteiger partial charge on any atom is -0.393 e. The molecule has 6 heteroatoms. The lowest BCUT2D eigenvalue weighted by atomic mass is 9.85. The van der Waals surface area contributed by atoms with Crippen molar-refractivity contribution in [1.29, 1.82) is 0 Å². The van der Waals surface area contributed by atoms with Gasteiger partial charge in [-0.2, -0.15) is 0 Å². The average molecular weight is 365 g/mol. The highest BCUT2D eigenvalue weighted by molar-refractivity contribution is 5.89. The Morgan fingerprint density at radius 2 is 2.00 bits per heavy atom. The van der Waals surface area contributed by atoms with Gasteiger partial charge in [-0.15, -0.1) is 0 Å². The molecule has 2 aromatic heterocycles. The summed E-state index contributed by atoms with van der Waals surface area (Å²) in [5.74, 6) is 1.69. The molecule has 2 aliphatic rings. The number of aromatic nitrogens is 3. The lowest BCUT2D eigenvalue weighted by molar-refractivity contribution is 0.0756. The van der Waals surface area contributed by atoms with Crippen molar-refractivity contribution in [3.8, 4) is 0 Å². The zero-order valence-electron chi connectivity index (χ0n) is 16.0. The van der Waals surface area contributed by atoms with Gasteiger partial charge in [0.05, 0.1) is 17.3 Å². The van der Waals surface area contributed by atoms with E-state index < -0.39 is 0 Å². The lowest BCUT2D eigenvalue weighted by Gasteiger charge is -2.34. The molecule has 3 heterocycles. The van der Waals surface area contributed by atoms with Crippen molar-refractivity contribution in [3.63, 3.8) is 0 Å². The topological polar surface area (TPSA) is 74.2 Å². The Morgan fingerprint density at radius 1 is 1.22 bits per heavy atom. The van der Waals surface area contributed by atoms with Gasteiger partial charge in [0.15, 0.2) is 5.82 Å². The van der Waals surface area contributed by atoms with Crippen molar-refractivity contribution >= 4 is 22.4 Å². The van der Waals surface area contributed by atoms with Crippen molar-refractivity contribution in [2.45, 2.75) is 25.9 Å². The monoisotopic (exact) mass is 365 g/mol. The summed E-state index contributed by atoms with van der Waals surface area (Å²) in [4.78, 5) is 16.1. The molecular formula is C21H27N5O. The number of piperidine rings is 1. The molecule has 0 amide bonds. The summed E-state index contributed by atoms with van der Waals surface area (Å²) in [6, 6.07) is 2.01. The predicted molar refractivity (Wildman–Crippen MR) is 108 cm³/mol. The quantitative estimate of drug-likeness (QED) is 0.868. The highest BCUT2D eigenvalue weighted by atomic mass is 16.3. The Labute approximate surface area is 160 Å². The molecule has 27 heavy (non-hydrogen) atoms. The van der Waals surface area contributed by atoms with Crippen LogP contribution in [0.3, 0.4) is 0 Å². The fraction of sp³-hybridized carbons (Fsp3) is 0.476. The first-order valence-corrected chi connectivity index (χ1v) is 9.74. The zero-order chi connectivity index (χ0) is 18.8. The number of allylic oxidation sites excluding steroid dienone is 3. The number of hydrogen-bond acceptors (Lipinski definition) is 6. The van der Waals surface area contributed by atoms with Crippen LogP contribution in [-0.2, 0) is 0 Å². The molecule has 1 saturated heterocycles. The van der Waals surface area contributed by atoms with Gasteiger partial charge in [0.1, 0.15) is 5.52 Å². The maximum atomic E-state index is 9.69. The number of rotatable bonds is 4. The Balaban J connectivity index is 1.53. The highest BCUT2D eigenvalue weighted by Gasteiger charge is 2.24. The van der Waals surface area contributed by atoms with E-state index in [1.807, 2.05) is 13.1 Å². The van der Waals surface area contributed by atoms with Crippen LogP contribution in [0.2, 0.25) is 0 Å². The maximum Gasteiger partial charge on any atom is 0.154 e. The van der Waals surface area contributed by atoms with E-state index in [1.165, 1.54) is 0 Å². The number of aliphatic hydroxyl groups is 1. The Kier molecular flexibility index (Phi) is 5.18. The number of likely N-dealkylation sites (tertiary alicyclic amines) is 1. The van der Waals surface area contributed by atoms with Crippen LogP contribution in [0, 0.1) is 11.8 Å². The number of aliphatic hydroxyl groups excluding tert-OH is 1. The molecule has 2 atom stereocenters. The van der Waals surface area contributed by atoms with Gasteiger partial charge in [0.2, 0.25) is 0 Å². The first-order valence-electron chi connectivity index (χ1n) is 9.74. The van der Waals surface area contributed by atoms with Gasteiger partial charge in [0, 0.05) is 39.1 Å². The number of nitrogens with one attached hydrogen (secondary N) is 1. The number of hydrogen-bond donors (Lipinski definition) is 2. The van der Waals surface area contributed by atoms with Crippen LogP contribution >= 0.6 is 0 Å². The molecule has 142 valence electrons. The molecule has 0 saturated carbocycles. The molecule has 2 aromatic rings. The highest BCUT2D eigenvalue weighted by Crippen LogP contribution is 2.31. The van der Waals surface area contributed by atoms with Crippen LogP contribution in [0.4, 0.5) is 5.82 Å². The lowest BCUT2D eigenvalue weighted by Crippen LogP contribution is -2.39. The van der Waals surface area contributed by atoms with Crippen LogP contribution in [0.25, 0.3) is 16.6 Å². The van der Waals surface area contributed by atoms with Crippen molar-refractivity contribution in [2.75, 3.05) is 32.0 Å². The molecule has 2 unspecified atom stereocenters. The van der Waals surface area contributed by atoms with E-state index in [0.29, 0.717) is 11.8 Å². The zero-order valence-corrected chi connectivity index (χ0v) is 16.0.